The summed E-state index contributed by atoms with van der Waals surface area (Å²) in [6.45, 7) is 0.765. The zero-order valence-electron chi connectivity index (χ0n) is 11.8. The molecule has 1 aromatic rings. The van der Waals surface area contributed by atoms with E-state index >= 15 is 0 Å². The molecule has 1 saturated carbocycles. The van der Waals surface area contributed by atoms with Crippen LogP contribution < -0.4 is 10.2 Å². The number of hydrogen-bond donors (Lipinski definition) is 1. The number of alkyl halides is 3. The van der Waals surface area contributed by atoms with Gasteiger partial charge in [0.2, 0.25) is 0 Å². The van der Waals surface area contributed by atoms with Crippen molar-refractivity contribution >= 4 is 11.4 Å². The van der Waals surface area contributed by atoms with Crippen molar-refractivity contribution in [1.29, 1.82) is 0 Å². The predicted molar refractivity (Wildman–Crippen MR) is 76.6 cm³/mol. The quantitative estimate of drug-likeness (QED) is 0.769. The highest BCUT2D eigenvalue weighted by atomic mass is 19.4. The third-order valence-electron chi connectivity index (χ3n) is 5.32. The fourth-order valence-corrected chi connectivity index (χ4v) is 4.43. The van der Waals surface area contributed by atoms with Crippen LogP contribution in [0.3, 0.4) is 0 Å². The molecule has 0 amide bonds. The van der Waals surface area contributed by atoms with Crippen molar-refractivity contribution in [1.82, 2.24) is 0 Å². The van der Waals surface area contributed by atoms with Crippen molar-refractivity contribution in [3.8, 4) is 0 Å². The van der Waals surface area contributed by atoms with E-state index in [9.17, 15) is 13.2 Å². The molecule has 0 radical (unpaired) electrons. The Bertz CT molecular complexity index is 555. The number of nitrogens with zero attached hydrogens (tertiary/aromatic N) is 1. The maximum absolute atomic E-state index is 12.9. The van der Waals surface area contributed by atoms with E-state index in [0.717, 1.165) is 18.2 Å². The van der Waals surface area contributed by atoms with Gasteiger partial charge in [0.1, 0.15) is 0 Å². The van der Waals surface area contributed by atoms with Crippen LogP contribution in [0.2, 0.25) is 0 Å². The highest BCUT2D eigenvalue weighted by Crippen LogP contribution is 2.47. The summed E-state index contributed by atoms with van der Waals surface area (Å²) in [6.07, 6.45) is 1.90. The number of benzene rings is 1. The molecule has 21 heavy (non-hydrogen) atoms. The second-order valence-corrected chi connectivity index (χ2v) is 6.52. The van der Waals surface area contributed by atoms with Crippen LogP contribution in [-0.2, 0) is 6.18 Å². The number of halogens is 3. The van der Waals surface area contributed by atoms with Crippen molar-refractivity contribution in [3.05, 3.63) is 23.8 Å². The largest absolute Gasteiger partial charge is 0.416 e. The van der Waals surface area contributed by atoms with Crippen LogP contribution in [0.15, 0.2) is 18.2 Å². The lowest BCUT2D eigenvalue weighted by Crippen LogP contribution is -2.44. The molecule has 1 aliphatic carbocycles. The van der Waals surface area contributed by atoms with Crippen molar-refractivity contribution in [3.63, 3.8) is 0 Å². The molecule has 2 nitrogen and oxygen atoms in total. The van der Waals surface area contributed by atoms with Crippen LogP contribution in [0.25, 0.3) is 0 Å². The minimum Gasteiger partial charge on any atom is -0.381 e. The first-order valence-corrected chi connectivity index (χ1v) is 7.77. The van der Waals surface area contributed by atoms with Gasteiger partial charge in [-0.3, -0.25) is 0 Å². The molecule has 0 spiro atoms. The second kappa shape index (κ2) is 4.55. The molecule has 3 unspecified atom stereocenters. The van der Waals surface area contributed by atoms with E-state index in [1.165, 1.54) is 44.2 Å². The van der Waals surface area contributed by atoms with E-state index in [1.807, 2.05) is 0 Å². The van der Waals surface area contributed by atoms with E-state index in [1.54, 1.807) is 6.07 Å². The Labute approximate surface area is 122 Å². The molecule has 0 bridgehead atoms. The first-order valence-electron chi connectivity index (χ1n) is 7.77. The second-order valence-electron chi connectivity index (χ2n) is 6.52. The summed E-state index contributed by atoms with van der Waals surface area (Å²) in [5.74, 6) is 0.721. The summed E-state index contributed by atoms with van der Waals surface area (Å²) in [4.78, 5) is 2.41. The lowest BCUT2D eigenvalue weighted by atomic mass is 9.85. The average Bonchev–Trinajstić information content (AvgIpc) is 2.84. The molecule has 0 aromatic heterocycles. The summed E-state index contributed by atoms with van der Waals surface area (Å²) >= 11 is 0. The third kappa shape index (κ3) is 2.09. The highest BCUT2D eigenvalue weighted by molar-refractivity contribution is 5.75. The monoisotopic (exact) mass is 296 g/mol. The van der Waals surface area contributed by atoms with Gasteiger partial charge >= 0.3 is 6.18 Å². The van der Waals surface area contributed by atoms with Crippen LogP contribution in [0.4, 0.5) is 24.5 Å². The maximum atomic E-state index is 12.9. The van der Waals surface area contributed by atoms with Gasteiger partial charge in [0, 0.05) is 18.6 Å². The molecule has 2 fully saturated rings. The molecule has 3 atom stereocenters. The highest BCUT2D eigenvalue weighted by Gasteiger charge is 2.44. The molecule has 1 aromatic carbocycles. The van der Waals surface area contributed by atoms with Crippen molar-refractivity contribution in [2.45, 2.75) is 50.4 Å². The molecule has 5 heteroatoms. The SMILES string of the molecule is FC(F)(F)c1ccc2c(c1)NCC1CC3CCCCC3N21. The minimum absolute atomic E-state index is 0.447. The lowest BCUT2D eigenvalue weighted by Gasteiger charge is -2.40. The average molecular weight is 296 g/mol. The number of hydrogen-bond acceptors (Lipinski definition) is 2. The normalized spacial score (nSPS) is 31.2. The van der Waals surface area contributed by atoms with Gasteiger partial charge in [0.25, 0.3) is 0 Å². The molecular weight excluding hydrogens is 277 g/mol. The lowest BCUT2D eigenvalue weighted by molar-refractivity contribution is -0.137. The molecule has 114 valence electrons. The van der Waals surface area contributed by atoms with Crippen molar-refractivity contribution in [2.24, 2.45) is 5.92 Å². The maximum Gasteiger partial charge on any atom is 0.416 e. The minimum atomic E-state index is -4.27. The molecule has 3 aliphatic rings. The van der Waals surface area contributed by atoms with E-state index < -0.39 is 11.7 Å². The Balaban J connectivity index is 1.71. The van der Waals surface area contributed by atoms with E-state index in [2.05, 4.69) is 10.2 Å². The smallest absolute Gasteiger partial charge is 0.381 e. The first kappa shape index (κ1) is 13.3. The van der Waals surface area contributed by atoms with E-state index in [4.69, 9.17) is 0 Å². The number of rotatable bonds is 0. The Kier molecular flexibility index (Phi) is 2.88. The van der Waals surface area contributed by atoms with Crippen LogP contribution in [0.1, 0.15) is 37.7 Å². The Hall–Kier alpha value is -1.39. The van der Waals surface area contributed by atoms with Crippen LogP contribution >= 0.6 is 0 Å². The predicted octanol–water partition coefficient (Wildman–Crippen LogP) is 4.27. The van der Waals surface area contributed by atoms with Gasteiger partial charge in [-0.05, 0) is 43.4 Å². The topological polar surface area (TPSA) is 15.3 Å². The zero-order valence-corrected chi connectivity index (χ0v) is 11.8. The molecule has 4 rings (SSSR count). The van der Waals surface area contributed by atoms with Crippen molar-refractivity contribution in [2.75, 3.05) is 16.8 Å². The van der Waals surface area contributed by atoms with Crippen LogP contribution in [0, 0.1) is 5.92 Å². The number of fused-ring (bicyclic) bond motifs is 5. The molecule has 1 N–H and O–H groups in total. The molecule has 2 heterocycles. The Morgan fingerprint density at radius 2 is 1.95 bits per heavy atom. The summed E-state index contributed by atoms with van der Waals surface area (Å²) < 4.78 is 38.6. The van der Waals surface area contributed by atoms with Gasteiger partial charge in [-0.2, -0.15) is 13.2 Å². The standard InChI is InChI=1S/C16H19F3N2/c17-16(18,19)11-5-6-15-13(8-11)20-9-12-7-10-3-1-2-4-14(10)21(12)15/h5-6,8,10,12,14,20H,1-4,7,9H2. The van der Waals surface area contributed by atoms with Gasteiger partial charge in [0.15, 0.2) is 0 Å². The fraction of sp³-hybridized carbons (Fsp3) is 0.625. The van der Waals surface area contributed by atoms with Crippen LogP contribution in [-0.4, -0.2) is 18.6 Å². The van der Waals surface area contributed by atoms with Gasteiger partial charge in [-0.1, -0.05) is 12.8 Å². The van der Waals surface area contributed by atoms with E-state index in [-0.39, 0.29) is 0 Å². The molecular formula is C16H19F3N2. The summed E-state index contributed by atoms with van der Waals surface area (Å²) in [5.41, 5.74) is 1.05. The van der Waals surface area contributed by atoms with E-state index in [0.29, 0.717) is 17.8 Å². The Morgan fingerprint density at radius 1 is 1.14 bits per heavy atom. The third-order valence-corrected chi connectivity index (χ3v) is 5.32. The number of nitrogens with one attached hydrogen (secondary N) is 1. The van der Waals surface area contributed by atoms with Crippen LogP contribution in [0.5, 0.6) is 0 Å². The van der Waals surface area contributed by atoms with Gasteiger partial charge in [0.05, 0.1) is 16.9 Å². The van der Waals surface area contributed by atoms with Crippen molar-refractivity contribution < 1.29 is 13.2 Å². The van der Waals surface area contributed by atoms with Gasteiger partial charge in [-0.25, -0.2) is 0 Å². The fourth-order valence-electron chi connectivity index (χ4n) is 4.43. The number of anilines is 2. The van der Waals surface area contributed by atoms with Gasteiger partial charge < -0.3 is 10.2 Å². The first-order chi connectivity index (χ1) is 10.0. The molecule has 1 saturated heterocycles. The summed E-state index contributed by atoms with van der Waals surface area (Å²) in [5, 5.41) is 3.21. The van der Waals surface area contributed by atoms with Gasteiger partial charge in [-0.15, -0.1) is 0 Å². The zero-order chi connectivity index (χ0) is 14.6. The Morgan fingerprint density at radius 3 is 2.76 bits per heavy atom. The molecule has 2 aliphatic heterocycles. The summed E-state index contributed by atoms with van der Waals surface area (Å²) in [7, 11) is 0. The summed E-state index contributed by atoms with van der Waals surface area (Å²) in [6, 6.07) is 5.12.